The highest BCUT2D eigenvalue weighted by Crippen LogP contribution is 2.23. The molecule has 1 fully saturated rings. The average Bonchev–Trinajstić information content (AvgIpc) is 3.36. The Bertz CT molecular complexity index is 776. The molecule has 3 aromatic rings. The van der Waals surface area contributed by atoms with E-state index >= 15 is 0 Å². The number of aromatic nitrogens is 1. The summed E-state index contributed by atoms with van der Waals surface area (Å²) in [6.07, 6.45) is 5.26. The molecule has 1 aromatic heterocycles. The van der Waals surface area contributed by atoms with E-state index in [0.29, 0.717) is 6.04 Å². The molecular weight excluding hydrogens is 328 g/mol. The molecule has 0 bridgehead atoms. The number of hydrogen-bond acceptors (Lipinski definition) is 4. The van der Waals surface area contributed by atoms with Crippen LogP contribution in [0, 0.1) is 0 Å². The molecule has 1 aliphatic heterocycles. The minimum absolute atomic E-state index is 0.510. The standard InChI is InChI=1S/C21H22N2OS/c1-2-19(22-11-1)15-24-20-9-5-17(6-10-20)14-16-3-7-18(8-4-16)21-23-12-13-25-21/h3-10,12-13,19,22H,1-2,11,14-15H2. The number of hydrogen-bond donors (Lipinski definition) is 1. The van der Waals surface area contributed by atoms with Crippen molar-refractivity contribution in [3.8, 4) is 16.3 Å². The van der Waals surface area contributed by atoms with Crippen molar-refractivity contribution in [3.63, 3.8) is 0 Å². The molecule has 1 saturated heterocycles. The zero-order chi connectivity index (χ0) is 16.9. The topological polar surface area (TPSA) is 34.1 Å². The molecule has 4 heteroatoms. The van der Waals surface area contributed by atoms with Gasteiger partial charge in [-0.15, -0.1) is 11.3 Å². The molecular formula is C21H22N2OS. The summed E-state index contributed by atoms with van der Waals surface area (Å²) in [5, 5.41) is 6.54. The number of ether oxygens (including phenoxy) is 1. The minimum atomic E-state index is 0.510. The second-order valence-electron chi connectivity index (χ2n) is 6.46. The Morgan fingerprint density at radius 3 is 2.44 bits per heavy atom. The zero-order valence-corrected chi connectivity index (χ0v) is 15.0. The summed E-state index contributed by atoms with van der Waals surface area (Å²) >= 11 is 1.67. The molecule has 128 valence electrons. The highest BCUT2D eigenvalue weighted by atomic mass is 32.1. The normalized spacial score (nSPS) is 16.9. The molecule has 0 amide bonds. The summed E-state index contributed by atoms with van der Waals surface area (Å²) in [5.41, 5.74) is 3.79. The Morgan fingerprint density at radius 1 is 1.04 bits per heavy atom. The van der Waals surface area contributed by atoms with E-state index < -0.39 is 0 Å². The lowest BCUT2D eigenvalue weighted by molar-refractivity contribution is 0.277. The van der Waals surface area contributed by atoms with E-state index in [1.54, 1.807) is 11.3 Å². The van der Waals surface area contributed by atoms with Gasteiger partial charge in [-0.2, -0.15) is 0 Å². The minimum Gasteiger partial charge on any atom is -0.492 e. The third kappa shape index (κ3) is 4.27. The van der Waals surface area contributed by atoms with Crippen molar-refractivity contribution in [3.05, 3.63) is 71.2 Å². The van der Waals surface area contributed by atoms with E-state index in [-0.39, 0.29) is 0 Å². The maximum Gasteiger partial charge on any atom is 0.123 e. The van der Waals surface area contributed by atoms with Gasteiger partial charge in [-0.1, -0.05) is 36.4 Å². The SMILES string of the molecule is c1csc(-c2ccc(Cc3ccc(OCC4CCCN4)cc3)cc2)n1. The summed E-state index contributed by atoms with van der Waals surface area (Å²) in [5.74, 6) is 0.955. The Kier molecular flexibility index (Phi) is 5.09. The molecule has 0 radical (unpaired) electrons. The van der Waals surface area contributed by atoms with Crippen LogP contribution in [0.3, 0.4) is 0 Å². The van der Waals surface area contributed by atoms with Crippen molar-refractivity contribution in [2.45, 2.75) is 25.3 Å². The van der Waals surface area contributed by atoms with E-state index in [2.05, 4.69) is 58.8 Å². The maximum atomic E-state index is 5.88. The predicted molar refractivity (Wildman–Crippen MR) is 103 cm³/mol. The number of nitrogens with one attached hydrogen (secondary N) is 1. The van der Waals surface area contributed by atoms with Crippen LogP contribution in [0.25, 0.3) is 10.6 Å². The summed E-state index contributed by atoms with van der Waals surface area (Å²) in [7, 11) is 0. The smallest absolute Gasteiger partial charge is 0.123 e. The fourth-order valence-electron chi connectivity index (χ4n) is 3.17. The highest BCUT2D eigenvalue weighted by Gasteiger charge is 2.14. The highest BCUT2D eigenvalue weighted by molar-refractivity contribution is 7.13. The van der Waals surface area contributed by atoms with Gasteiger partial charge in [0.25, 0.3) is 0 Å². The van der Waals surface area contributed by atoms with Crippen LogP contribution in [0.15, 0.2) is 60.1 Å². The van der Waals surface area contributed by atoms with Crippen molar-refractivity contribution in [1.29, 1.82) is 0 Å². The van der Waals surface area contributed by atoms with Crippen LogP contribution in [0.4, 0.5) is 0 Å². The third-order valence-electron chi connectivity index (χ3n) is 4.58. The Balaban J connectivity index is 1.34. The zero-order valence-electron chi connectivity index (χ0n) is 14.2. The van der Waals surface area contributed by atoms with Gasteiger partial charge in [-0.3, -0.25) is 0 Å². The summed E-state index contributed by atoms with van der Waals surface area (Å²) in [4.78, 5) is 4.36. The molecule has 0 aliphatic carbocycles. The average molecular weight is 350 g/mol. The fourth-order valence-corrected chi connectivity index (χ4v) is 3.81. The number of benzene rings is 2. The molecule has 1 aliphatic rings. The Morgan fingerprint density at radius 2 is 1.80 bits per heavy atom. The fraction of sp³-hybridized carbons (Fsp3) is 0.286. The number of thiazole rings is 1. The Labute approximate surface area is 152 Å². The summed E-state index contributed by atoms with van der Waals surface area (Å²) in [6.45, 7) is 1.88. The first kappa shape index (κ1) is 16.3. The van der Waals surface area contributed by atoms with Gasteiger partial charge >= 0.3 is 0 Å². The van der Waals surface area contributed by atoms with Gasteiger partial charge in [-0.05, 0) is 49.1 Å². The van der Waals surface area contributed by atoms with E-state index in [9.17, 15) is 0 Å². The largest absolute Gasteiger partial charge is 0.492 e. The molecule has 1 unspecified atom stereocenters. The van der Waals surface area contributed by atoms with E-state index in [1.165, 1.54) is 29.5 Å². The van der Waals surface area contributed by atoms with Gasteiger partial charge in [0, 0.05) is 23.2 Å². The monoisotopic (exact) mass is 350 g/mol. The van der Waals surface area contributed by atoms with Gasteiger partial charge in [0.1, 0.15) is 17.4 Å². The first-order valence-electron chi connectivity index (χ1n) is 8.81. The van der Waals surface area contributed by atoms with Crippen LogP contribution < -0.4 is 10.1 Å². The van der Waals surface area contributed by atoms with Gasteiger partial charge < -0.3 is 10.1 Å². The molecule has 2 aromatic carbocycles. The molecule has 2 heterocycles. The first-order valence-corrected chi connectivity index (χ1v) is 9.69. The van der Waals surface area contributed by atoms with E-state index in [4.69, 9.17) is 4.74 Å². The molecule has 3 nitrogen and oxygen atoms in total. The quantitative estimate of drug-likeness (QED) is 0.709. The van der Waals surface area contributed by atoms with Crippen LogP contribution in [-0.2, 0) is 6.42 Å². The van der Waals surface area contributed by atoms with Gasteiger partial charge in [0.05, 0.1) is 0 Å². The summed E-state index contributed by atoms with van der Waals surface area (Å²) < 4.78 is 5.88. The second kappa shape index (κ2) is 7.81. The molecule has 0 saturated carbocycles. The summed E-state index contributed by atoms with van der Waals surface area (Å²) in [6, 6.07) is 17.7. The molecule has 1 N–H and O–H groups in total. The van der Waals surface area contributed by atoms with Crippen molar-refractivity contribution < 1.29 is 4.74 Å². The molecule has 0 spiro atoms. The van der Waals surface area contributed by atoms with Crippen LogP contribution in [0.1, 0.15) is 24.0 Å². The number of nitrogens with zero attached hydrogens (tertiary/aromatic N) is 1. The molecule has 4 rings (SSSR count). The van der Waals surface area contributed by atoms with Gasteiger partial charge in [0.15, 0.2) is 0 Å². The first-order chi connectivity index (χ1) is 12.4. The second-order valence-corrected chi connectivity index (χ2v) is 7.35. The maximum absolute atomic E-state index is 5.88. The molecule has 1 atom stereocenters. The lowest BCUT2D eigenvalue weighted by atomic mass is 10.0. The lowest BCUT2D eigenvalue weighted by Crippen LogP contribution is -2.28. The van der Waals surface area contributed by atoms with Crippen molar-refractivity contribution in [2.24, 2.45) is 0 Å². The van der Waals surface area contributed by atoms with Crippen molar-refractivity contribution >= 4 is 11.3 Å². The molecule has 25 heavy (non-hydrogen) atoms. The number of rotatable bonds is 6. The van der Waals surface area contributed by atoms with Crippen LogP contribution in [-0.4, -0.2) is 24.2 Å². The van der Waals surface area contributed by atoms with Crippen LogP contribution in [0.2, 0.25) is 0 Å². The van der Waals surface area contributed by atoms with Crippen molar-refractivity contribution in [1.82, 2.24) is 10.3 Å². The lowest BCUT2D eigenvalue weighted by Gasteiger charge is -2.12. The van der Waals surface area contributed by atoms with Gasteiger partial charge in [-0.25, -0.2) is 4.98 Å². The van der Waals surface area contributed by atoms with Crippen LogP contribution >= 0.6 is 11.3 Å². The van der Waals surface area contributed by atoms with Crippen molar-refractivity contribution in [2.75, 3.05) is 13.2 Å². The van der Waals surface area contributed by atoms with Gasteiger partial charge in [0.2, 0.25) is 0 Å². The van der Waals surface area contributed by atoms with E-state index in [0.717, 1.165) is 30.3 Å². The van der Waals surface area contributed by atoms with E-state index in [1.807, 2.05) is 11.6 Å². The van der Waals surface area contributed by atoms with Crippen LogP contribution in [0.5, 0.6) is 5.75 Å². The Hall–Kier alpha value is -2.17. The third-order valence-corrected chi connectivity index (χ3v) is 5.40. The predicted octanol–water partition coefficient (Wildman–Crippen LogP) is 4.53.